The van der Waals surface area contributed by atoms with E-state index in [1.807, 2.05) is 20.8 Å². The van der Waals surface area contributed by atoms with Crippen LogP contribution in [0.25, 0.3) is 0 Å². The number of aliphatic hydroxyl groups is 1. The SMILES string of the molecule is CC(C)(C)c1cc(Br)c(CC(O)CCN)c(OC(F)(F)F)c1. The van der Waals surface area contributed by atoms with E-state index >= 15 is 0 Å². The Labute approximate surface area is 136 Å². The van der Waals surface area contributed by atoms with E-state index in [4.69, 9.17) is 5.73 Å². The van der Waals surface area contributed by atoms with Crippen LogP contribution in [0.2, 0.25) is 0 Å². The van der Waals surface area contributed by atoms with Crippen LogP contribution >= 0.6 is 15.9 Å². The Hall–Kier alpha value is -0.790. The van der Waals surface area contributed by atoms with Crippen molar-refractivity contribution >= 4 is 15.9 Å². The van der Waals surface area contributed by atoms with Gasteiger partial charge in [-0.2, -0.15) is 0 Å². The van der Waals surface area contributed by atoms with Crippen LogP contribution in [0.3, 0.4) is 0 Å². The van der Waals surface area contributed by atoms with Crippen molar-refractivity contribution in [3.8, 4) is 5.75 Å². The molecule has 3 N–H and O–H groups in total. The van der Waals surface area contributed by atoms with Crippen molar-refractivity contribution in [1.82, 2.24) is 0 Å². The minimum Gasteiger partial charge on any atom is -0.405 e. The van der Waals surface area contributed by atoms with Crippen LogP contribution in [0.5, 0.6) is 5.75 Å². The molecule has 0 heterocycles. The summed E-state index contributed by atoms with van der Waals surface area (Å²) in [5, 5.41) is 9.84. The summed E-state index contributed by atoms with van der Waals surface area (Å²) in [6.45, 7) is 5.95. The molecule has 0 aliphatic heterocycles. The molecule has 0 aliphatic carbocycles. The highest BCUT2D eigenvalue weighted by Gasteiger charge is 2.33. The van der Waals surface area contributed by atoms with Gasteiger partial charge in [0.05, 0.1) is 6.10 Å². The highest BCUT2D eigenvalue weighted by atomic mass is 79.9. The van der Waals surface area contributed by atoms with Crippen LogP contribution in [0, 0.1) is 0 Å². The third kappa shape index (κ3) is 5.78. The minimum atomic E-state index is -4.79. The number of benzene rings is 1. The Bertz CT molecular complexity index is 513. The van der Waals surface area contributed by atoms with Crippen LogP contribution in [0.15, 0.2) is 16.6 Å². The second-order valence-electron chi connectivity index (χ2n) is 6.17. The number of nitrogens with two attached hydrogens (primary N) is 1. The molecule has 0 aromatic heterocycles. The molecule has 0 radical (unpaired) electrons. The van der Waals surface area contributed by atoms with E-state index in [2.05, 4.69) is 20.7 Å². The summed E-state index contributed by atoms with van der Waals surface area (Å²) >= 11 is 3.29. The first-order valence-corrected chi connectivity index (χ1v) is 7.70. The Kier molecular flexibility index (Phi) is 6.29. The van der Waals surface area contributed by atoms with Gasteiger partial charge in [0.25, 0.3) is 0 Å². The molecule has 0 amide bonds. The van der Waals surface area contributed by atoms with Gasteiger partial charge in [-0.25, -0.2) is 0 Å². The average Bonchev–Trinajstić information content (AvgIpc) is 2.30. The van der Waals surface area contributed by atoms with Crippen molar-refractivity contribution in [3.05, 3.63) is 27.7 Å². The van der Waals surface area contributed by atoms with Crippen LogP contribution < -0.4 is 10.5 Å². The van der Waals surface area contributed by atoms with Gasteiger partial charge in [0.15, 0.2) is 0 Å². The van der Waals surface area contributed by atoms with Gasteiger partial charge in [-0.05, 0) is 36.1 Å². The molecule has 1 aromatic carbocycles. The largest absolute Gasteiger partial charge is 0.573 e. The topological polar surface area (TPSA) is 55.5 Å². The summed E-state index contributed by atoms with van der Waals surface area (Å²) in [6.07, 6.45) is -5.27. The average molecular weight is 384 g/mol. The van der Waals surface area contributed by atoms with Crippen molar-refractivity contribution < 1.29 is 23.0 Å². The van der Waals surface area contributed by atoms with Crippen molar-refractivity contribution in [2.75, 3.05) is 6.54 Å². The summed E-state index contributed by atoms with van der Waals surface area (Å²) in [5.41, 5.74) is 6.01. The van der Waals surface area contributed by atoms with Crippen LogP contribution in [0.1, 0.15) is 38.3 Å². The highest BCUT2D eigenvalue weighted by Crippen LogP contribution is 2.37. The molecule has 22 heavy (non-hydrogen) atoms. The maximum atomic E-state index is 12.6. The van der Waals surface area contributed by atoms with E-state index in [0.29, 0.717) is 16.5 Å². The standard InChI is InChI=1S/C15H21BrF3NO2/c1-14(2,3)9-6-12(16)11(8-10(21)4-5-20)13(7-9)22-15(17,18)19/h6-7,10,21H,4-5,8,20H2,1-3H3. The van der Waals surface area contributed by atoms with Gasteiger partial charge in [0.1, 0.15) is 5.75 Å². The normalized spacial score (nSPS) is 14.0. The first kappa shape index (κ1) is 19.3. The fourth-order valence-corrected chi connectivity index (χ4v) is 2.59. The Morgan fingerprint density at radius 2 is 1.86 bits per heavy atom. The van der Waals surface area contributed by atoms with Crippen molar-refractivity contribution in [2.24, 2.45) is 5.73 Å². The van der Waals surface area contributed by atoms with E-state index in [1.54, 1.807) is 6.07 Å². The Balaban J connectivity index is 3.28. The van der Waals surface area contributed by atoms with Gasteiger partial charge in [0.2, 0.25) is 0 Å². The smallest absolute Gasteiger partial charge is 0.405 e. The molecule has 0 fully saturated rings. The van der Waals surface area contributed by atoms with Gasteiger partial charge in [-0.1, -0.05) is 36.7 Å². The second-order valence-corrected chi connectivity index (χ2v) is 7.02. The molecule has 1 aromatic rings. The molecule has 3 nitrogen and oxygen atoms in total. The summed E-state index contributed by atoms with van der Waals surface area (Å²) in [7, 11) is 0. The molecule has 0 aliphatic rings. The number of hydrogen-bond acceptors (Lipinski definition) is 3. The molecule has 0 saturated carbocycles. The molecule has 7 heteroatoms. The molecular weight excluding hydrogens is 363 g/mol. The number of alkyl halides is 3. The zero-order chi connectivity index (χ0) is 17.1. The molecule has 1 atom stereocenters. The molecule has 1 unspecified atom stereocenters. The van der Waals surface area contributed by atoms with E-state index in [0.717, 1.165) is 0 Å². The maximum absolute atomic E-state index is 12.6. The molecule has 126 valence electrons. The zero-order valence-electron chi connectivity index (χ0n) is 12.8. The summed E-state index contributed by atoms with van der Waals surface area (Å²) < 4.78 is 42.6. The third-order valence-corrected chi connectivity index (χ3v) is 3.89. The monoisotopic (exact) mass is 383 g/mol. The van der Waals surface area contributed by atoms with Crippen molar-refractivity contribution in [3.63, 3.8) is 0 Å². The van der Waals surface area contributed by atoms with Crippen LogP contribution in [-0.2, 0) is 11.8 Å². The first-order valence-electron chi connectivity index (χ1n) is 6.91. The molecule has 0 bridgehead atoms. The van der Waals surface area contributed by atoms with E-state index in [9.17, 15) is 18.3 Å². The highest BCUT2D eigenvalue weighted by molar-refractivity contribution is 9.10. The molecule has 1 rings (SSSR count). The predicted octanol–water partition coefficient (Wildman–Crippen LogP) is 3.90. The summed E-state index contributed by atoms with van der Waals surface area (Å²) in [6, 6.07) is 3.14. The van der Waals surface area contributed by atoms with Gasteiger partial charge < -0.3 is 15.6 Å². The van der Waals surface area contributed by atoms with Crippen molar-refractivity contribution in [1.29, 1.82) is 0 Å². The lowest BCUT2D eigenvalue weighted by Crippen LogP contribution is -2.22. The number of hydrogen-bond donors (Lipinski definition) is 2. The zero-order valence-corrected chi connectivity index (χ0v) is 14.4. The fraction of sp³-hybridized carbons (Fsp3) is 0.600. The minimum absolute atomic E-state index is 0.0353. The Morgan fingerprint density at radius 1 is 1.27 bits per heavy atom. The number of aliphatic hydroxyl groups excluding tert-OH is 1. The lowest BCUT2D eigenvalue weighted by atomic mass is 9.86. The Morgan fingerprint density at radius 3 is 2.32 bits per heavy atom. The molecule has 0 spiro atoms. The van der Waals surface area contributed by atoms with E-state index < -0.39 is 12.5 Å². The summed E-state index contributed by atoms with van der Waals surface area (Å²) in [4.78, 5) is 0. The third-order valence-electron chi connectivity index (χ3n) is 3.19. The van der Waals surface area contributed by atoms with E-state index in [1.165, 1.54) is 6.07 Å². The van der Waals surface area contributed by atoms with Crippen LogP contribution in [-0.4, -0.2) is 24.1 Å². The van der Waals surface area contributed by atoms with E-state index in [-0.39, 0.29) is 29.7 Å². The predicted molar refractivity (Wildman–Crippen MR) is 82.9 cm³/mol. The van der Waals surface area contributed by atoms with Crippen molar-refractivity contribution in [2.45, 2.75) is 51.5 Å². The fourth-order valence-electron chi connectivity index (χ4n) is 1.99. The van der Waals surface area contributed by atoms with Gasteiger partial charge in [0, 0.05) is 16.5 Å². The van der Waals surface area contributed by atoms with Gasteiger partial charge in [-0.3, -0.25) is 0 Å². The van der Waals surface area contributed by atoms with Gasteiger partial charge >= 0.3 is 6.36 Å². The number of rotatable bonds is 5. The maximum Gasteiger partial charge on any atom is 0.573 e. The second kappa shape index (κ2) is 7.19. The lowest BCUT2D eigenvalue weighted by molar-refractivity contribution is -0.275. The summed E-state index contributed by atoms with van der Waals surface area (Å²) in [5.74, 6) is -0.289. The quantitative estimate of drug-likeness (QED) is 0.810. The van der Waals surface area contributed by atoms with Crippen LogP contribution in [0.4, 0.5) is 13.2 Å². The lowest BCUT2D eigenvalue weighted by Gasteiger charge is -2.24. The number of ether oxygens (including phenoxy) is 1. The molecular formula is C15H21BrF3NO2. The molecule has 0 saturated heterocycles. The number of halogens is 4. The van der Waals surface area contributed by atoms with Gasteiger partial charge in [-0.15, -0.1) is 13.2 Å². The first-order chi connectivity index (χ1) is 9.94.